The number of ether oxygens (including phenoxy) is 1. The number of nitrogens with zero attached hydrogens (tertiary/aromatic N) is 1. The number of nitrogens with one attached hydrogen (secondary N) is 2. The molecule has 7 nitrogen and oxygen atoms in total. The Morgan fingerprint density at radius 2 is 1.76 bits per heavy atom. The van der Waals surface area contributed by atoms with Gasteiger partial charge in [-0.25, -0.2) is 4.79 Å². The van der Waals surface area contributed by atoms with Crippen molar-refractivity contribution < 1.29 is 19.4 Å². The molecule has 1 aliphatic heterocycles. The van der Waals surface area contributed by atoms with Gasteiger partial charge in [0.1, 0.15) is 17.9 Å². The van der Waals surface area contributed by atoms with E-state index in [-0.39, 0.29) is 17.5 Å². The second kappa shape index (κ2) is 11.0. The lowest BCUT2D eigenvalue weighted by Crippen LogP contribution is -2.62. The molecule has 1 heterocycles. The molecular weight excluding hydrogens is 430 g/mol. The van der Waals surface area contributed by atoms with E-state index < -0.39 is 11.5 Å². The Bertz CT molecular complexity index is 952. The minimum atomic E-state index is -0.956. The summed E-state index contributed by atoms with van der Waals surface area (Å²) in [7, 11) is 0. The molecule has 2 aromatic carbocycles. The molecule has 0 aromatic heterocycles. The molecule has 1 amide bonds. The number of hydrogen-bond acceptors (Lipinski definition) is 5. The Morgan fingerprint density at radius 3 is 2.38 bits per heavy atom. The fraction of sp³-hybridized carbons (Fsp3) is 0.481. The van der Waals surface area contributed by atoms with E-state index >= 15 is 0 Å². The predicted molar refractivity (Wildman–Crippen MR) is 131 cm³/mol. The highest BCUT2D eigenvalue weighted by molar-refractivity contribution is 5.88. The molecule has 2 aromatic rings. The Balaban J connectivity index is 1.37. The first-order chi connectivity index (χ1) is 16.4. The number of amides is 1. The third-order valence-electron chi connectivity index (χ3n) is 6.94. The first-order valence-corrected chi connectivity index (χ1v) is 12.2. The lowest BCUT2D eigenvalue weighted by molar-refractivity contribution is -0.130. The maximum Gasteiger partial charge on any atom is 0.335 e. The van der Waals surface area contributed by atoms with Crippen LogP contribution in [0.5, 0.6) is 5.75 Å². The third kappa shape index (κ3) is 6.36. The molecule has 4 rings (SSSR count). The number of carboxylic acid groups (broad SMARTS) is 1. The van der Waals surface area contributed by atoms with E-state index in [0.717, 1.165) is 49.7 Å². The number of carbonyl (C=O) groups excluding carboxylic acids is 1. The van der Waals surface area contributed by atoms with Gasteiger partial charge in [-0.15, -0.1) is 0 Å². The molecule has 182 valence electrons. The summed E-state index contributed by atoms with van der Waals surface area (Å²) in [6.45, 7) is 5.93. The molecule has 1 saturated heterocycles. The highest BCUT2D eigenvalue weighted by atomic mass is 16.5. The van der Waals surface area contributed by atoms with E-state index in [1.54, 1.807) is 24.3 Å². The second-order valence-corrected chi connectivity index (χ2v) is 9.54. The van der Waals surface area contributed by atoms with Crippen LogP contribution < -0.4 is 15.4 Å². The van der Waals surface area contributed by atoms with Gasteiger partial charge in [0.05, 0.1) is 11.6 Å². The SMILES string of the molecule is CC(NC(=O)C1(NCCOc2ccccc2)CCN(CC2CC2)CC1)c1ccc(C(=O)O)cc1. The Labute approximate surface area is 201 Å². The summed E-state index contributed by atoms with van der Waals surface area (Å²) in [6, 6.07) is 16.1. The highest BCUT2D eigenvalue weighted by Gasteiger charge is 2.42. The standard InChI is InChI=1S/C27H35N3O4/c1-20(22-9-11-23(12-10-22)25(31)32)29-26(33)27(13-16-30(17-14-27)19-21-7-8-21)28-15-18-34-24-5-3-2-4-6-24/h2-6,9-12,20-21,28H,7-8,13-19H2,1H3,(H,29,33)(H,31,32). The van der Waals surface area contributed by atoms with Crippen molar-refractivity contribution in [3.63, 3.8) is 0 Å². The van der Waals surface area contributed by atoms with E-state index in [9.17, 15) is 9.59 Å². The normalized spacial score (nSPS) is 18.7. The highest BCUT2D eigenvalue weighted by Crippen LogP contribution is 2.32. The zero-order valence-corrected chi connectivity index (χ0v) is 19.8. The summed E-state index contributed by atoms with van der Waals surface area (Å²) in [5.41, 5.74) is 0.476. The smallest absolute Gasteiger partial charge is 0.335 e. The van der Waals surface area contributed by atoms with Gasteiger partial charge in [-0.1, -0.05) is 30.3 Å². The average Bonchev–Trinajstić information content (AvgIpc) is 3.67. The van der Waals surface area contributed by atoms with E-state index in [1.165, 1.54) is 12.8 Å². The number of aromatic carboxylic acids is 1. The van der Waals surface area contributed by atoms with Gasteiger partial charge in [-0.2, -0.15) is 0 Å². The van der Waals surface area contributed by atoms with Crippen LogP contribution in [0, 0.1) is 5.92 Å². The van der Waals surface area contributed by atoms with Crippen LogP contribution >= 0.6 is 0 Å². The van der Waals surface area contributed by atoms with Crippen molar-refractivity contribution in [2.45, 2.75) is 44.2 Å². The molecule has 0 spiro atoms. The van der Waals surface area contributed by atoms with Crippen molar-refractivity contribution in [1.82, 2.24) is 15.5 Å². The van der Waals surface area contributed by atoms with Crippen LogP contribution in [0.4, 0.5) is 0 Å². The predicted octanol–water partition coefficient (Wildman–Crippen LogP) is 3.48. The minimum Gasteiger partial charge on any atom is -0.492 e. The Kier molecular flexibility index (Phi) is 7.85. The average molecular weight is 466 g/mol. The monoisotopic (exact) mass is 465 g/mol. The van der Waals surface area contributed by atoms with Crippen molar-refractivity contribution in [3.8, 4) is 5.75 Å². The zero-order valence-electron chi connectivity index (χ0n) is 19.8. The zero-order chi connectivity index (χ0) is 24.0. The number of likely N-dealkylation sites (tertiary alicyclic amines) is 1. The van der Waals surface area contributed by atoms with Gasteiger partial charge in [0, 0.05) is 26.2 Å². The molecule has 1 atom stereocenters. The molecule has 34 heavy (non-hydrogen) atoms. The number of rotatable bonds is 11. The topological polar surface area (TPSA) is 90.9 Å². The van der Waals surface area contributed by atoms with Gasteiger partial charge in [0.15, 0.2) is 0 Å². The maximum absolute atomic E-state index is 13.6. The van der Waals surface area contributed by atoms with Crippen LogP contribution in [0.1, 0.15) is 54.6 Å². The van der Waals surface area contributed by atoms with Crippen molar-refractivity contribution in [2.24, 2.45) is 5.92 Å². The third-order valence-corrected chi connectivity index (χ3v) is 6.94. The summed E-state index contributed by atoms with van der Waals surface area (Å²) < 4.78 is 5.83. The van der Waals surface area contributed by atoms with Gasteiger partial charge in [0.2, 0.25) is 5.91 Å². The Morgan fingerprint density at radius 1 is 1.09 bits per heavy atom. The molecule has 1 unspecified atom stereocenters. The quantitative estimate of drug-likeness (QED) is 0.440. The summed E-state index contributed by atoms with van der Waals surface area (Å²) >= 11 is 0. The van der Waals surface area contributed by atoms with Crippen molar-refractivity contribution >= 4 is 11.9 Å². The number of piperidine rings is 1. The number of para-hydroxylation sites is 1. The largest absolute Gasteiger partial charge is 0.492 e. The summed E-state index contributed by atoms with van der Waals surface area (Å²) in [5, 5.41) is 15.8. The molecule has 0 bridgehead atoms. The fourth-order valence-corrected chi connectivity index (χ4v) is 4.58. The Hall–Kier alpha value is -2.90. The van der Waals surface area contributed by atoms with Crippen LogP contribution in [0.2, 0.25) is 0 Å². The molecule has 1 aliphatic carbocycles. The second-order valence-electron chi connectivity index (χ2n) is 9.54. The fourth-order valence-electron chi connectivity index (χ4n) is 4.58. The van der Waals surface area contributed by atoms with Crippen LogP contribution in [-0.4, -0.2) is 60.2 Å². The number of benzene rings is 2. The van der Waals surface area contributed by atoms with Gasteiger partial charge >= 0.3 is 5.97 Å². The summed E-state index contributed by atoms with van der Waals surface area (Å²) in [4.78, 5) is 27.2. The van der Waals surface area contributed by atoms with Crippen LogP contribution in [0.3, 0.4) is 0 Å². The summed E-state index contributed by atoms with van der Waals surface area (Å²) in [6.07, 6.45) is 4.16. The summed E-state index contributed by atoms with van der Waals surface area (Å²) in [5.74, 6) is 0.693. The van der Waals surface area contributed by atoms with Crippen LogP contribution in [-0.2, 0) is 4.79 Å². The van der Waals surface area contributed by atoms with Gasteiger partial charge in [-0.05, 0) is 68.4 Å². The van der Waals surface area contributed by atoms with Gasteiger partial charge in [-0.3, -0.25) is 10.1 Å². The number of carboxylic acids is 1. The first kappa shape index (κ1) is 24.2. The van der Waals surface area contributed by atoms with E-state index in [1.807, 2.05) is 37.3 Å². The lowest BCUT2D eigenvalue weighted by Gasteiger charge is -2.42. The first-order valence-electron chi connectivity index (χ1n) is 12.2. The van der Waals surface area contributed by atoms with Gasteiger partial charge < -0.3 is 20.1 Å². The van der Waals surface area contributed by atoms with Crippen molar-refractivity contribution in [3.05, 3.63) is 65.7 Å². The number of hydrogen-bond donors (Lipinski definition) is 3. The minimum absolute atomic E-state index is 0.00639. The molecule has 1 saturated carbocycles. The van der Waals surface area contributed by atoms with Crippen LogP contribution in [0.25, 0.3) is 0 Å². The molecular formula is C27H35N3O4. The molecule has 0 radical (unpaired) electrons. The number of carbonyl (C=O) groups is 2. The molecule has 3 N–H and O–H groups in total. The van der Waals surface area contributed by atoms with Crippen LogP contribution in [0.15, 0.2) is 54.6 Å². The lowest BCUT2D eigenvalue weighted by atomic mass is 9.85. The van der Waals surface area contributed by atoms with Crippen molar-refractivity contribution in [1.29, 1.82) is 0 Å². The van der Waals surface area contributed by atoms with Gasteiger partial charge in [0.25, 0.3) is 0 Å². The van der Waals surface area contributed by atoms with E-state index in [2.05, 4.69) is 15.5 Å². The molecule has 2 aliphatic rings. The van der Waals surface area contributed by atoms with Crippen molar-refractivity contribution in [2.75, 3.05) is 32.8 Å². The molecule has 2 fully saturated rings. The molecule has 7 heteroatoms. The maximum atomic E-state index is 13.6. The van der Waals surface area contributed by atoms with E-state index in [0.29, 0.717) is 13.2 Å². The van der Waals surface area contributed by atoms with E-state index in [4.69, 9.17) is 9.84 Å².